The summed E-state index contributed by atoms with van der Waals surface area (Å²) >= 11 is 7.23. The van der Waals surface area contributed by atoms with E-state index in [4.69, 9.17) is 21.6 Å². The van der Waals surface area contributed by atoms with Gasteiger partial charge >= 0.3 is 0 Å². The van der Waals surface area contributed by atoms with Gasteiger partial charge in [0.15, 0.2) is 10.9 Å². The van der Waals surface area contributed by atoms with Gasteiger partial charge < -0.3 is 15.5 Å². The van der Waals surface area contributed by atoms with E-state index < -0.39 is 0 Å². The van der Waals surface area contributed by atoms with Gasteiger partial charge in [-0.15, -0.1) is 0 Å². The molecule has 0 aromatic carbocycles. The van der Waals surface area contributed by atoms with Gasteiger partial charge in [0, 0.05) is 29.8 Å². The molecule has 1 saturated carbocycles. The minimum absolute atomic E-state index is 0.100. The van der Waals surface area contributed by atoms with Crippen molar-refractivity contribution in [3.05, 3.63) is 33.6 Å². The molecule has 1 atom stereocenters. The average molecular weight is 513 g/mol. The highest BCUT2D eigenvalue weighted by atomic mass is 35.5. The number of carbonyl (C=O) groups is 1. The molecule has 0 radical (unpaired) electrons. The summed E-state index contributed by atoms with van der Waals surface area (Å²) in [7, 11) is 0. The maximum atomic E-state index is 13.1. The lowest BCUT2D eigenvalue weighted by Crippen LogP contribution is -2.40. The molecular formula is C24H29ClN8OS. The number of hydrogen-bond donors (Lipinski definition) is 3. The lowest BCUT2D eigenvalue weighted by molar-refractivity contribution is -0.117. The van der Waals surface area contributed by atoms with Gasteiger partial charge in [0.05, 0.1) is 11.9 Å². The third-order valence-electron chi connectivity index (χ3n) is 7.33. The fourth-order valence-electron chi connectivity index (χ4n) is 5.58. The van der Waals surface area contributed by atoms with Crippen LogP contribution in [0, 0.1) is 0 Å². The normalized spacial score (nSPS) is 20.3. The number of aryl methyl sites for hydroxylation is 1. The SMILES string of the molecule is O=C(Nc1ncc(Cl)s1)[C@H]1CCCN1c1nc2c(c(Nc3cc(C4CCCCC4)[nH]n3)n1)CCC2. The van der Waals surface area contributed by atoms with Gasteiger partial charge in [-0.3, -0.25) is 9.89 Å². The van der Waals surface area contributed by atoms with E-state index in [1.165, 1.54) is 49.1 Å². The van der Waals surface area contributed by atoms with Crippen LogP contribution in [-0.2, 0) is 17.6 Å². The Labute approximate surface area is 213 Å². The third-order valence-corrected chi connectivity index (χ3v) is 8.36. The van der Waals surface area contributed by atoms with Crippen molar-refractivity contribution in [2.45, 2.75) is 76.2 Å². The first-order chi connectivity index (χ1) is 17.1. The number of rotatable bonds is 6. The second-order valence-corrected chi connectivity index (χ2v) is 11.3. The molecule has 6 rings (SSSR count). The summed E-state index contributed by atoms with van der Waals surface area (Å²) in [5.74, 6) is 2.67. The first kappa shape index (κ1) is 22.7. The Hall–Kier alpha value is -2.72. The quantitative estimate of drug-likeness (QED) is 0.416. The van der Waals surface area contributed by atoms with Gasteiger partial charge in [0.2, 0.25) is 11.9 Å². The Kier molecular flexibility index (Phi) is 6.32. The number of H-pyrrole nitrogens is 1. The zero-order valence-electron chi connectivity index (χ0n) is 19.5. The van der Waals surface area contributed by atoms with E-state index in [1.54, 1.807) is 6.20 Å². The van der Waals surface area contributed by atoms with Crippen molar-refractivity contribution < 1.29 is 4.79 Å². The first-order valence-corrected chi connectivity index (χ1v) is 13.7. The number of nitrogens with one attached hydrogen (secondary N) is 3. The molecular weight excluding hydrogens is 484 g/mol. The molecule has 1 aliphatic heterocycles. The predicted molar refractivity (Wildman–Crippen MR) is 138 cm³/mol. The van der Waals surface area contributed by atoms with Crippen LogP contribution in [0.25, 0.3) is 0 Å². The summed E-state index contributed by atoms with van der Waals surface area (Å²) in [5.41, 5.74) is 3.43. The van der Waals surface area contributed by atoms with E-state index >= 15 is 0 Å². The van der Waals surface area contributed by atoms with E-state index in [1.807, 2.05) is 4.90 Å². The summed E-state index contributed by atoms with van der Waals surface area (Å²) in [6, 6.07) is 1.79. The Morgan fingerprint density at radius 2 is 2.00 bits per heavy atom. The van der Waals surface area contributed by atoms with Gasteiger partial charge in [-0.25, -0.2) is 9.97 Å². The Bertz CT molecular complexity index is 1220. The van der Waals surface area contributed by atoms with Crippen molar-refractivity contribution in [2.75, 3.05) is 22.1 Å². The van der Waals surface area contributed by atoms with Crippen LogP contribution in [0.4, 0.5) is 22.7 Å². The van der Waals surface area contributed by atoms with Crippen molar-refractivity contribution in [1.29, 1.82) is 0 Å². The van der Waals surface area contributed by atoms with E-state index in [2.05, 4.69) is 31.9 Å². The van der Waals surface area contributed by atoms with Crippen LogP contribution < -0.4 is 15.5 Å². The smallest absolute Gasteiger partial charge is 0.248 e. The van der Waals surface area contributed by atoms with E-state index in [9.17, 15) is 4.79 Å². The molecule has 3 aromatic heterocycles. The van der Waals surface area contributed by atoms with Crippen molar-refractivity contribution in [3.63, 3.8) is 0 Å². The predicted octanol–water partition coefficient (Wildman–Crippen LogP) is 5.20. The number of anilines is 4. The number of thiazole rings is 1. The molecule has 3 aliphatic rings. The summed E-state index contributed by atoms with van der Waals surface area (Å²) < 4.78 is 0.547. The molecule has 2 aliphatic carbocycles. The van der Waals surface area contributed by atoms with Crippen LogP contribution >= 0.6 is 22.9 Å². The fraction of sp³-hybridized carbons (Fsp3) is 0.542. The van der Waals surface area contributed by atoms with E-state index in [-0.39, 0.29) is 11.9 Å². The first-order valence-electron chi connectivity index (χ1n) is 12.5. The van der Waals surface area contributed by atoms with Crippen molar-refractivity contribution in [2.24, 2.45) is 0 Å². The highest BCUT2D eigenvalue weighted by molar-refractivity contribution is 7.19. The molecule has 0 bridgehead atoms. The minimum Gasteiger partial charge on any atom is -0.329 e. The molecule has 4 heterocycles. The largest absolute Gasteiger partial charge is 0.329 e. The third kappa shape index (κ3) is 4.73. The molecule has 11 heteroatoms. The van der Waals surface area contributed by atoms with Crippen LogP contribution in [0.5, 0.6) is 0 Å². The van der Waals surface area contributed by atoms with Gasteiger partial charge in [0.25, 0.3) is 0 Å². The lowest BCUT2D eigenvalue weighted by atomic mass is 9.87. The van der Waals surface area contributed by atoms with Crippen LogP contribution in [0.15, 0.2) is 12.3 Å². The Balaban J connectivity index is 1.23. The number of aromatic amines is 1. The van der Waals surface area contributed by atoms with Gasteiger partial charge in [-0.1, -0.05) is 42.2 Å². The Morgan fingerprint density at radius 1 is 1.11 bits per heavy atom. The van der Waals surface area contributed by atoms with Crippen LogP contribution in [0.2, 0.25) is 4.34 Å². The minimum atomic E-state index is -0.340. The molecule has 35 heavy (non-hydrogen) atoms. The second-order valence-electron chi connectivity index (χ2n) is 9.63. The zero-order valence-corrected chi connectivity index (χ0v) is 21.1. The summed E-state index contributed by atoms with van der Waals surface area (Å²) in [5, 5.41) is 14.7. The summed E-state index contributed by atoms with van der Waals surface area (Å²) in [6.07, 6.45) is 12.5. The second kappa shape index (κ2) is 9.73. The molecule has 9 nitrogen and oxygen atoms in total. The molecule has 1 saturated heterocycles. The molecule has 3 aromatic rings. The highest BCUT2D eigenvalue weighted by Gasteiger charge is 2.34. The van der Waals surface area contributed by atoms with Gasteiger partial charge in [0.1, 0.15) is 16.2 Å². The monoisotopic (exact) mass is 512 g/mol. The van der Waals surface area contributed by atoms with Crippen molar-refractivity contribution >= 4 is 51.6 Å². The summed E-state index contributed by atoms with van der Waals surface area (Å²) in [6.45, 7) is 0.739. The van der Waals surface area contributed by atoms with E-state index in [0.717, 1.165) is 61.5 Å². The number of aromatic nitrogens is 5. The molecule has 2 fully saturated rings. The molecule has 0 spiro atoms. The maximum absolute atomic E-state index is 13.1. The number of amides is 1. The van der Waals surface area contributed by atoms with Crippen molar-refractivity contribution in [1.82, 2.24) is 25.1 Å². The molecule has 1 amide bonds. The topological polar surface area (TPSA) is 112 Å². The van der Waals surface area contributed by atoms with E-state index in [0.29, 0.717) is 21.3 Å². The van der Waals surface area contributed by atoms with Gasteiger partial charge in [-0.05, 0) is 44.9 Å². The number of halogens is 1. The highest BCUT2D eigenvalue weighted by Crippen LogP contribution is 2.35. The lowest BCUT2D eigenvalue weighted by Gasteiger charge is -2.24. The number of nitrogens with zero attached hydrogens (tertiary/aromatic N) is 5. The van der Waals surface area contributed by atoms with Crippen LogP contribution in [0.1, 0.15) is 74.2 Å². The van der Waals surface area contributed by atoms with Crippen LogP contribution in [-0.4, -0.2) is 43.6 Å². The number of carbonyl (C=O) groups excluding carboxylic acids is 1. The maximum Gasteiger partial charge on any atom is 0.248 e. The molecule has 184 valence electrons. The Morgan fingerprint density at radius 3 is 2.83 bits per heavy atom. The summed E-state index contributed by atoms with van der Waals surface area (Å²) in [4.78, 5) is 29.0. The molecule has 3 N–H and O–H groups in total. The fourth-order valence-corrected chi connectivity index (χ4v) is 6.39. The van der Waals surface area contributed by atoms with Crippen LogP contribution in [0.3, 0.4) is 0 Å². The van der Waals surface area contributed by atoms with Crippen molar-refractivity contribution in [3.8, 4) is 0 Å². The average Bonchev–Trinajstić information content (AvgIpc) is 3.67. The standard InChI is InChI=1S/C24H29ClN8OS/c25-19-13-26-24(35-19)30-22(34)18-10-5-11-33(18)23-27-16-9-4-8-15(16)21(29-23)28-20-12-17(31-32-20)14-6-2-1-3-7-14/h12-14,18H,1-11H2,(H,26,30,34)(H2,27,28,29,31,32)/t18-/m1/s1. The zero-order chi connectivity index (χ0) is 23.8. The molecule has 0 unspecified atom stereocenters. The number of hydrogen-bond acceptors (Lipinski definition) is 8. The van der Waals surface area contributed by atoms with Gasteiger partial charge in [-0.2, -0.15) is 10.1 Å². The number of fused-ring (bicyclic) bond motifs is 1.